The van der Waals surface area contributed by atoms with Crippen molar-refractivity contribution in [1.82, 2.24) is 14.4 Å². The van der Waals surface area contributed by atoms with Gasteiger partial charge in [0.1, 0.15) is 0 Å². The maximum Gasteiger partial charge on any atom is 0.409 e. The number of carbonyl (C=O) groups is 1. The number of pyridine rings is 1. The molecule has 0 aliphatic carbocycles. The molecule has 1 N–H and O–H groups in total. The summed E-state index contributed by atoms with van der Waals surface area (Å²) in [5, 5.41) is 10.5. The Bertz CT molecular complexity index is 904. The second kappa shape index (κ2) is 9.44. The Morgan fingerprint density at radius 3 is 2.36 bits per heavy atom. The van der Waals surface area contributed by atoms with Crippen molar-refractivity contribution in [2.45, 2.75) is 13.1 Å². The average Bonchev–Trinajstić information content (AvgIpc) is 2.70. The molecule has 0 bridgehead atoms. The number of amides is 1. The monoisotopic (exact) mass is 609 g/mol. The van der Waals surface area contributed by atoms with E-state index in [1.807, 2.05) is 18.2 Å². The molecule has 1 aliphatic heterocycles. The third kappa shape index (κ3) is 4.79. The summed E-state index contributed by atoms with van der Waals surface area (Å²) in [6, 6.07) is 7.79. The van der Waals surface area contributed by atoms with E-state index >= 15 is 0 Å². The van der Waals surface area contributed by atoms with Crippen LogP contribution in [0.4, 0.5) is 4.79 Å². The zero-order valence-electron chi connectivity index (χ0n) is 15.4. The molecular formula is C19H21I2N3O4. The van der Waals surface area contributed by atoms with E-state index in [0.717, 1.165) is 12.7 Å². The summed E-state index contributed by atoms with van der Waals surface area (Å²) in [5.41, 5.74) is 1.28. The molecule has 0 atom stereocenters. The summed E-state index contributed by atoms with van der Waals surface area (Å²) >= 11 is 4.52. The molecule has 7 nitrogen and oxygen atoms in total. The summed E-state index contributed by atoms with van der Waals surface area (Å²) in [7, 11) is 1.37. The number of methoxy groups -OCH3 is 1. The lowest BCUT2D eigenvalue weighted by atomic mass is 10.2. The molecule has 1 saturated heterocycles. The average molecular weight is 609 g/mol. The third-order valence-corrected chi connectivity index (χ3v) is 6.83. The van der Waals surface area contributed by atoms with E-state index in [0.29, 0.717) is 44.8 Å². The third-order valence-electron chi connectivity index (χ3n) is 4.81. The van der Waals surface area contributed by atoms with Gasteiger partial charge in [0, 0.05) is 51.6 Å². The number of halogens is 2. The lowest BCUT2D eigenvalue weighted by molar-refractivity contribution is 0.0885. The molecule has 2 heterocycles. The van der Waals surface area contributed by atoms with E-state index in [2.05, 4.69) is 50.1 Å². The number of benzene rings is 1. The largest absolute Gasteiger partial charge is 0.503 e. The van der Waals surface area contributed by atoms with Gasteiger partial charge in [-0.3, -0.25) is 9.69 Å². The topological polar surface area (TPSA) is 75.0 Å². The molecule has 0 saturated carbocycles. The molecule has 0 spiro atoms. The predicted molar refractivity (Wildman–Crippen MR) is 123 cm³/mol. The fraction of sp³-hybridized carbons (Fsp3) is 0.368. The van der Waals surface area contributed by atoms with Crippen LogP contribution in [0.5, 0.6) is 5.75 Å². The van der Waals surface area contributed by atoms with Gasteiger partial charge in [-0.2, -0.15) is 0 Å². The van der Waals surface area contributed by atoms with Crippen molar-refractivity contribution < 1.29 is 14.6 Å². The Hall–Kier alpha value is -1.34. The Morgan fingerprint density at radius 1 is 1.11 bits per heavy atom. The smallest absolute Gasteiger partial charge is 0.409 e. The van der Waals surface area contributed by atoms with Crippen molar-refractivity contribution in [2.24, 2.45) is 0 Å². The van der Waals surface area contributed by atoms with E-state index in [-0.39, 0.29) is 17.4 Å². The van der Waals surface area contributed by atoms with Gasteiger partial charge in [-0.05, 0) is 68.9 Å². The minimum absolute atomic E-state index is 0.209. The molecule has 1 aliphatic rings. The lowest BCUT2D eigenvalue weighted by Gasteiger charge is -2.33. The van der Waals surface area contributed by atoms with Crippen LogP contribution in [0.3, 0.4) is 0 Å². The molecule has 1 aromatic carbocycles. The van der Waals surface area contributed by atoms with Crippen molar-refractivity contribution in [3.63, 3.8) is 0 Å². The zero-order chi connectivity index (χ0) is 20.3. The first-order valence-corrected chi connectivity index (χ1v) is 11.0. The normalized spacial score (nSPS) is 14.9. The van der Waals surface area contributed by atoms with E-state index in [1.54, 1.807) is 17.2 Å². The van der Waals surface area contributed by atoms with E-state index in [9.17, 15) is 14.7 Å². The second-order valence-electron chi connectivity index (χ2n) is 6.56. The SMILES string of the molecule is COC(=O)N1CCN(Cc2ccn(Cc3c(I)cccc3I)c(=O)c2O)CC1. The number of hydrogen-bond donors (Lipinski definition) is 1. The van der Waals surface area contributed by atoms with Crippen molar-refractivity contribution in [3.8, 4) is 5.75 Å². The van der Waals surface area contributed by atoms with Gasteiger partial charge in [0.15, 0.2) is 5.75 Å². The molecule has 0 radical (unpaired) electrons. The van der Waals surface area contributed by atoms with Crippen LogP contribution in [-0.4, -0.2) is 58.9 Å². The van der Waals surface area contributed by atoms with Gasteiger partial charge in [-0.25, -0.2) is 4.79 Å². The fourth-order valence-corrected chi connectivity index (χ4v) is 5.02. The molecule has 1 amide bonds. The van der Waals surface area contributed by atoms with Gasteiger partial charge >= 0.3 is 6.09 Å². The highest BCUT2D eigenvalue weighted by atomic mass is 127. The van der Waals surface area contributed by atoms with Gasteiger partial charge in [0.25, 0.3) is 5.56 Å². The predicted octanol–water partition coefficient (Wildman–Crippen LogP) is 2.70. The summed E-state index contributed by atoms with van der Waals surface area (Å²) in [6.07, 6.45) is 1.41. The van der Waals surface area contributed by atoms with E-state index in [1.165, 1.54) is 11.7 Å². The molecule has 1 aromatic heterocycles. The minimum Gasteiger partial charge on any atom is -0.503 e. The first-order valence-electron chi connectivity index (χ1n) is 8.80. The Labute approximate surface area is 190 Å². The molecule has 1 fully saturated rings. The summed E-state index contributed by atoms with van der Waals surface area (Å²) in [4.78, 5) is 28.0. The molecule has 3 rings (SSSR count). The van der Waals surface area contributed by atoms with Gasteiger partial charge in [-0.1, -0.05) is 6.07 Å². The zero-order valence-corrected chi connectivity index (χ0v) is 19.7. The molecule has 0 unspecified atom stereocenters. The summed E-state index contributed by atoms with van der Waals surface area (Å²) in [5.74, 6) is -0.209. The van der Waals surface area contributed by atoms with Crippen molar-refractivity contribution >= 4 is 51.3 Å². The molecule has 9 heteroatoms. The maximum atomic E-state index is 12.7. The van der Waals surface area contributed by atoms with Crippen LogP contribution in [0.2, 0.25) is 0 Å². The summed E-state index contributed by atoms with van der Waals surface area (Å²) < 4.78 is 8.45. The number of ether oxygens (including phenoxy) is 1. The number of carbonyl (C=O) groups excluding carboxylic acids is 1. The first kappa shape index (κ1) is 21.4. The van der Waals surface area contributed by atoms with E-state index < -0.39 is 0 Å². The van der Waals surface area contributed by atoms with Crippen molar-refractivity contribution in [2.75, 3.05) is 33.3 Å². The van der Waals surface area contributed by atoms with Gasteiger partial charge in [0.2, 0.25) is 0 Å². The van der Waals surface area contributed by atoms with Crippen LogP contribution >= 0.6 is 45.2 Å². The van der Waals surface area contributed by atoms with Crippen molar-refractivity contribution in [3.05, 3.63) is 59.1 Å². The van der Waals surface area contributed by atoms with Crippen LogP contribution in [0.15, 0.2) is 35.3 Å². The van der Waals surface area contributed by atoms with Crippen LogP contribution in [0.25, 0.3) is 0 Å². The maximum absolute atomic E-state index is 12.7. The fourth-order valence-electron chi connectivity index (χ4n) is 3.16. The number of rotatable bonds is 4. The highest BCUT2D eigenvalue weighted by Crippen LogP contribution is 2.21. The summed E-state index contributed by atoms with van der Waals surface area (Å²) in [6.45, 7) is 3.35. The number of nitrogens with zero attached hydrogens (tertiary/aromatic N) is 3. The van der Waals surface area contributed by atoms with Gasteiger partial charge < -0.3 is 19.3 Å². The highest BCUT2D eigenvalue weighted by molar-refractivity contribution is 14.1. The van der Waals surface area contributed by atoms with Crippen LogP contribution in [0, 0.1) is 7.14 Å². The molecule has 150 valence electrons. The van der Waals surface area contributed by atoms with Crippen LogP contribution in [0.1, 0.15) is 11.1 Å². The minimum atomic E-state index is -0.388. The standard InChI is InChI=1S/C19H21I2N3O4/c1-28-19(27)23-9-7-22(8-10-23)11-13-5-6-24(18(26)17(13)25)12-14-15(20)3-2-4-16(14)21/h2-6,25H,7-12H2,1H3. The molecule has 28 heavy (non-hydrogen) atoms. The van der Waals surface area contributed by atoms with E-state index in [4.69, 9.17) is 4.74 Å². The lowest BCUT2D eigenvalue weighted by Crippen LogP contribution is -2.48. The Kier molecular flexibility index (Phi) is 7.20. The number of aromatic hydroxyl groups is 1. The second-order valence-corrected chi connectivity index (χ2v) is 8.88. The van der Waals surface area contributed by atoms with Crippen LogP contribution < -0.4 is 5.56 Å². The van der Waals surface area contributed by atoms with Gasteiger partial charge in [-0.15, -0.1) is 0 Å². The quantitative estimate of drug-likeness (QED) is 0.541. The number of aromatic nitrogens is 1. The number of hydrogen-bond acceptors (Lipinski definition) is 5. The Morgan fingerprint density at radius 2 is 1.75 bits per heavy atom. The first-order chi connectivity index (χ1) is 13.4. The Balaban J connectivity index is 1.71. The van der Waals surface area contributed by atoms with Crippen LogP contribution in [-0.2, 0) is 17.8 Å². The molecule has 2 aromatic rings. The molecular weight excluding hydrogens is 588 g/mol. The van der Waals surface area contributed by atoms with Crippen molar-refractivity contribution in [1.29, 1.82) is 0 Å². The van der Waals surface area contributed by atoms with Gasteiger partial charge in [0.05, 0.1) is 13.7 Å². The number of piperazine rings is 1. The highest BCUT2D eigenvalue weighted by Gasteiger charge is 2.22.